The predicted octanol–water partition coefficient (Wildman–Crippen LogP) is 4.19. The van der Waals surface area contributed by atoms with Crippen molar-refractivity contribution in [1.29, 1.82) is 0 Å². The minimum atomic E-state index is -0.291. The maximum atomic E-state index is 13.5. The molecule has 1 aliphatic rings. The first-order chi connectivity index (χ1) is 12.1. The van der Waals surface area contributed by atoms with Crippen molar-refractivity contribution in [1.82, 2.24) is 14.9 Å². The molecule has 1 aliphatic carbocycles. The molecular weight excluding hydrogens is 337 g/mol. The molecular formula is C19H24FN3OS. The van der Waals surface area contributed by atoms with Crippen molar-refractivity contribution in [3.63, 3.8) is 0 Å². The van der Waals surface area contributed by atoms with Gasteiger partial charge in [-0.25, -0.2) is 9.37 Å². The lowest BCUT2D eigenvalue weighted by atomic mass is 9.89. The fourth-order valence-corrected chi connectivity index (χ4v) is 4.10. The molecule has 0 bridgehead atoms. The van der Waals surface area contributed by atoms with Gasteiger partial charge in [-0.1, -0.05) is 37.1 Å². The van der Waals surface area contributed by atoms with Gasteiger partial charge in [0.15, 0.2) is 5.16 Å². The Kier molecular flexibility index (Phi) is 6.13. The monoisotopic (exact) mass is 361 g/mol. The second kappa shape index (κ2) is 8.52. The zero-order valence-electron chi connectivity index (χ0n) is 14.5. The first kappa shape index (κ1) is 18.0. The fraction of sp³-hybridized carbons (Fsp3) is 0.474. The smallest absolute Gasteiger partial charge is 0.233 e. The van der Waals surface area contributed by atoms with Gasteiger partial charge in [0, 0.05) is 18.9 Å². The maximum absolute atomic E-state index is 13.5. The van der Waals surface area contributed by atoms with E-state index in [2.05, 4.69) is 10.3 Å². The Morgan fingerprint density at radius 1 is 1.40 bits per heavy atom. The normalized spacial score (nSPS) is 16.6. The molecule has 0 aliphatic heterocycles. The Morgan fingerprint density at radius 3 is 2.96 bits per heavy atom. The summed E-state index contributed by atoms with van der Waals surface area (Å²) in [6.07, 6.45) is 9.74. The molecule has 0 saturated heterocycles. The van der Waals surface area contributed by atoms with Crippen LogP contribution < -0.4 is 5.32 Å². The molecule has 134 valence electrons. The third-order valence-corrected chi connectivity index (χ3v) is 5.71. The number of carbonyl (C=O) groups is 1. The van der Waals surface area contributed by atoms with E-state index < -0.39 is 0 Å². The van der Waals surface area contributed by atoms with E-state index in [-0.39, 0.29) is 17.0 Å². The predicted molar refractivity (Wildman–Crippen MR) is 98.4 cm³/mol. The number of hydrogen-bond donors (Lipinski definition) is 1. The number of nitrogens with zero attached hydrogens (tertiary/aromatic N) is 2. The number of nitrogens with one attached hydrogen (secondary N) is 1. The zero-order chi connectivity index (χ0) is 17.6. The minimum absolute atomic E-state index is 0.0318. The molecule has 0 spiro atoms. The summed E-state index contributed by atoms with van der Waals surface area (Å²) in [6.45, 7) is 2.65. The second-order valence-corrected chi connectivity index (χ2v) is 7.88. The van der Waals surface area contributed by atoms with Crippen LogP contribution in [-0.4, -0.2) is 27.3 Å². The molecule has 1 heterocycles. The third kappa shape index (κ3) is 4.84. The summed E-state index contributed by atoms with van der Waals surface area (Å²) in [5.41, 5.74) is 0.704. The number of imidazole rings is 1. The van der Waals surface area contributed by atoms with Crippen molar-refractivity contribution in [3.8, 4) is 5.69 Å². The van der Waals surface area contributed by atoms with E-state index in [4.69, 9.17) is 0 Å². The van der Waals surface area contributed by atoms with Gasteiger partial charge >= 0.3 is 0 Å². The van der Waals surface area contributed by atoms with Crippen LogP contribution in [0, 0.1) is 11.7 Å². The Bertz CT molecular complexity index is 712. The quantitative estimate of drug-likeness (QED) is 0.785. The van der Waals surface area contributed by atoms with E-state index in [0.29, 0.717) is 16.8 Å². The molecule has 1 atom stereocenters. The van der Waals surface area contributed by atoms with Gasteiger partial charge < -0.3 is 5.32 Å². The van der Waals surface area contributed by atoms with Gasteiger partial charge in [0.2, 0.25) is 5.91 Å². The topological polar surface area (TPSA) is 46.9 Å². The summed E-state index contributed by atoms with van der Waals surface area (Å²) in [4.78, 5) is 16.7. The largest absolute Gasteiger partial charge is 0.355 e. The van der Waals surface area contributed by atoms with E-state index >= 15 is 0 Å². The average molecular weight is 361 g/mol. The van der Waals surface area contributed by atoms with Gasteiger partial charge in [0.25, 0.3) is 0 Å². The molecule has 2 aromatic rings. The van der Waals surface area contributed by atoms with Gasteiger partial charge in [-0.05, 0) is 43.9 Å². The third-order valence-electron chi connectivity index (χ3n) is 4.63. The van der Waals surface area contributed by atoms with Crippen LogP contribution in [0.4, 0.5) is 4.39 Å². The Labute approximate surface area is 152 Å². The molecule has 1 fully saturated rings. The van der Waals surface area contributed by atoms with Crippen LogP contribution >= 0.6 is 11.8 Å². The number of thioether (sulfide) groups is 1. The van der Waals surface area contributed by atoms with Crippen LogP contribution in [0.2, 0.25) is 0 Å². The van der Waals surface area contributed by atoms with Gasteiger partial charge in [-0.2, -0.15) is 0 Å². The number of amides is 1. The Balaban J connectivity index is 1.58. The van der Waals surface area contributed by atoms with E-state index in [1.807, 2.05) is 13.0 Å². The standard InChI is InChI=1S/C19H24FN3OS/c1-14(18(24)22-13-15-6-3-2-4-7-15)25-19-21-10-11-23(19)17-9-5-8-16(20)12-17/h5,8-12,14-15H,2-4,6-7,13H2,1H3,(H,22,24)/t14-/m1/s1. The molecule has 4 nitrogen and oxygen atoms in total. The summed E-state index contributed by atoms with van der Waals surface area (Å²) < 4.78 is 15.3. The number of halogens is 1. The average Bonchev–Trinajstić information content (AvgIpc) is 3.08. The molecule has 3 rings (SSSR count). The summed E-state index contributed by atoms with van der Waals surface area (Å²) in [6, 6.07) is 6.36. The molecule has 1 N–H and O–H groups in total. The van der Waals surface area contributed by atoms with Crippen molar-refractivity contribution < 1.29 is 9.18 Å². The lowest BCUT2D eigenvalue weighted by Gasteiger charge is -2.22. The first-order valence-electron chi connectivity index (χ1n) is 8.87. The van der Waals surface area contributed by atoms with Crippen molar-refractivity contribution in [2.45, 2.75) is 49.4 Å². The van der Waals surface area contributed by atoms with Crippen molar-refractivity contribution in [2.24, 2.45) is 5.92 Å². The van der Waals surface area contributed by atoms with Crippen LogP contribution in [-0.2, 0) is 4.79 Å². The van der Waals surface area contributed by atoms with Crippen molar-refractivity contribution in [2.75, 3.05) is 6.54 Å². The molecule has 1 aromatic carbocycles. The van der Waals surface area contributed by atoms with Gasteiger partial charge in [0.1, 0.15) is 5.82 Å². The summed E-state index contributed by atoms with van der Waals surface area (Å²) in [5, 5.41) is 3.51. The highest BCUT2D eigenvalue weighted by Crippen LogP contribution is 2.26. The highest BCUT2D eigenvalue weighted by Gasteiger charge is 2.20. The van der Waals surface area contributed by atoms with Gasteiger partial charge in [-0.3, -0.25) is 9.36 Å². The Morgan fingerprint density at radius 2 is 2.20 bits per heavy atom. The number of benzene rings is 1. The summed E-state index contributed by atoms with van der Waals surface area (Å²) in [7, 11) is 0. The highest BCUT2D eigenvalue weighted by molar-refractivity contribution is 8.00. The van der Waals surface area contributed by atoms with E-state index in [1.54, 1.807) is 23.0 Å². The van der Waals surface area contributed by atoms with Gasteiger partial charge in [-0.15, -0.1) is 0 Å². The van der Waals surface area contributed by atoms with Crippen LogP contribution in [0.25, 0.3) is 5.69 Å². The maximum Gasteiger partial charge on any atom is 0.233 e. The van der Waals surface area contributed by atoms with Crippen molar-refractivity contribution in [3.05, 3.63) is 42.5 Å². The number of hydrogen-bond acceptors (Lipinski definition) is 3. The van der Waals surface area contributed by atoms with Gasteiger partial charge in [0.05, 0.1) is 10.9 Å². The molecule has 1 saturated carbocycles. The minimum Gasteiger partial charge on any atom is -0.355 e. The Hall–Kier alpha value is -1.82. The van der Waals surface area contributed by atoms with Crippen molar-refractivity contribution >= 4 is 17.7 Å². The van der Waals surface area contributed by atoms with E-state index in [0.717, 1.165) is 6.54 Å². The van der Waals surface area contributed by atoms with Crippen LogP contribution in [0.1, 0.15) is 39.0 Å². The SMILES string of the molecule is C[C@@H](Sc1nccn1-c1cccc(F)c1)C(=O)NCC1CCCCC1. The number of rotatable bonds is 6. The summed E-state index contributed by atoms with van der Waals surface area (Å²) >= 11 is 1.39. The van der Waals surface area contributed by atoms with E-state index in [9.17, 15) is 9.18 Å². The molecule has 6 heteroatoms. The fourth-order valence-electron chi connectivity index (χ4n) is 3.19. The molecule has 0 radical (unpaired) electrons. The number of aromatic nitrogens is 2. The molecule has 1 aromatic heterocycles. The second-order valence-electron chi connectivity index (χ2n) is 6.57. The van der Waals surface area contributed by atoms with Crippen LogP contribution in [0.15, 0.2) is 41.8 Å². The van der Waals surface area contributed by atoms with E-state index in [1.165, 1.54) is 56.0 Å². The summed E-state index contributed by atoms with van der Waals surface area (Å²) in [5.74, 6) is 0.356. The van der Waals surface area contributed by atoms with Crippen LogP contribution in [0.3, 0.4) is 0 Å². The number of carbonyl (C=O) groups excluding carboxylic acids is 1. The first-order valence-corrected chi connectivity index (χ1v) is 9.75. The highest BCUT2D eigenvalue weighted by atomic mass is 32.2. The van der Waals surface area contributed by atoms with Crippen LogP contribution in [0.5, 0.6) is 0 Å². The lowest BCUT2D eigenvalue weighted by Crippen LogP contribution is -2.35. The molecule has 25 heavy (non-hydrogen) atoms. The molecule has 0 unspecified atom stereocenters. The zero-order valence-corrected chi connectivity index (χ0v) is 15.3. The molecule has 1 amide bonds. The lowest BCUT2D eigenvalue weighted by molar-refractivity contribution is -0.120.